The van der Waals surface area contributed by atoms with Crippen LogP contribution >= 0.6 is 0 Å². The molecule has 4 aliphatic rings. The first-order valence-electron chi connectivity index (χ1n) is 11.1. The van der Waals surface area contributed by atoms with Gasteiger partial charge in [-0.25, -0.2) is 0 Å². The second-order valence-electron chi connectivity index (χ2n) is 10.1. The Hall–Kier alpha value is -2.15. The zero-order valence-corrected chi connectivity index (χ0v) is 18.1. The molecule has 0 radical (unpaired) electrons. The Balaban J connectivity index is 1.63. The summed E-state index contributed by atoms with van der Waals surface area (Å²) in [5, 5.41) is 6.15. The summed E-state index contributed by atoms with van der Waals surface area (Å²) in [5.41, 5.74) is -1.55. The highest BCUT2D eigenvalue weighted by Gasteiger charge is 2.72. The van der Waals surface area contributed by atoms with E-state index in [1.54, 1.807) is 6.08 Å². The number of hydrogen-bond donors (Lipinski definition) is 2. The van der Waals surface area contributed by atoms with E-state index in [4.69, 9.17) is 4.74 Å². The molecule has 2 saturated heterocycles. The SMILES string of the molecule is C=CCN1C(=O)[C@H]2[C@H](C(=O)NC3CCCCC3)[C@@H]3C=C[C@]2(O3)[C@@H]1C(=O)NC(C)(C)C. The van der Waals surface area contributed by atoms with Crippen LogP contribution in [0.1, 0.15) is 52.9 Å². The van der Waals surface area contributed by atoms with Crippen molar-refractivity contribution >= 4 is 17.7 Å². The Morgan fingerprint density at radius 3 is 2.60 bits per heavy atom. The molecule has 3 aliphatic heterocycles. The maximum Gasteiger partial charge on any atom is 0.246 e. The Kier molecular flexibility index (Phi) is 5.29. The molecule has 164 valence electrons. The molecule has 2 bridgehead atoms. The largest absolute Gasteiger partial charge is 0.359 e. The van der Waals surface area contributed by atoms with Crippen molar-refractivity contribution < 1.29 is 19.1 Å². The van der Waals surface area contributed by atoms with E-state index in [0.717, 1.165) is 25.7 Å². The zero-order chi connectivity index (χ0) is 21.7. The molecule has 5 atom stereocenters. The summed E-state index contributed by atoms with van der Waals surface area (Å²) in [6.45, 7) is 9.68. The summed E-state index contributed by atoms with van der Waals surface area (Å²) in [4.78, 5) is 41.5. The molecule has 1 aliphatic carbocycles. The smallest absolute Gasteiger partial charge is 0.246 e. The lowest BCUT2D eigenvalue weighted by Gasteiger charge is -2.34. The Labute approximate surface area is 178 Å². The summed E-state index contributed by atoms with van der Waals surface area (Å²) in [6, 6.07) is -0.660. The number of rotatable bonds is 5. The van der Waals surface area contributed by atoms with Gasteiger partial charge < -0.3 is 20.3 Å². The summed E-state index contributed by atoms with van der Waals surface area (Å²) < 4.78 is 6.27. The fourth-order valence-electron chi connectivity index (χ4n) is 5.59. The van der Waals surface area contributed by atoms with Crippen LogP contribution in [0.25, 0.3) is 0 Å². The topological polar surface area (TPSA) is 87.7 Å². The van der Waals surface area contributed by atoms with Gasteiger partial charge in [0.05, 0.1) is 17.9 Å². The van der Waals surface area contributed by atoms with Crippen LogP contribution in [0.3, 0.4) is 0 Å². The van der Waals surface area contributed by atoms with Crippen molar-refractivity contribution in [2.45, 2.75) is 82.2 Å². The van der Waals surface area contributed by atoms with Gasteiger partial charge in [0.2, 0.25) is 17.7 Å². The molecule has 7 heteroatoms. The minimum absolute atomic E-state index is 0.132. The first kappa shape index (κ1) is 21.1. The molecule has 2 N–H and O–H groups in total. The molecule has 1 spiro atoms. The predicted octanol–water partition coefficient (Wildman–Crippen LogP) is 1.69. The van der Waals surface area contributed by atoms with Gasteiger partial charge in [-0.15, -0.1) is 6.58 Å². The van der Waals surface area contributed by atoms with Gasteiger partial charge in [0.1, 0.15) is 11.6 Å². The van der Waals surface area contributed by atoms with Crippen LogP contribution < -0.4 is 10.6 Å². The fourth-order valence-corrected chi connectivity index (χ4v) is 5.59. The van der Waals surface area contributed by atoms with Crippen LogP contribution in [0.5, 0.6) is 0 Å². The first-order valence-corrected chi connectivity index (χ1v) is 11.1. The van der Waals surface area contributed by atoms with Crippen molar-refractivity contribution in [1.82, 2.24) is 15.5 Å². The molecule has 0 aromatic heterocycles. The van der Waals surface area contributed by atoms with E-state index in [2.05, 4.69) is 17.2 Å². The van der Waals surface area contributed by atoms with Crippen molar-refractivity contribution in [3.8, 4) is 0 Å². The third-order valence-corrected chi connectivity index (χ3v) is 6.70. The van der Waals surface area contributed by atoms with Crippen LogP contribution in [0.15, 0.2) is 24.8 Å². The Morgan fingerprint density at radius 2 is 1.97 bits per heavy atom. The Bertz CT molecular complexity index is 780. The quantitative estimate of drug-likeness (QED) is 0.669. The van der Waals surface area contributed by atoms with Crippen LogP contribution in [0, 0.1) is 11.8 Å². The van der Waals surface area contributed by atoms with E-state index in [1.807, 2.05) is 32.9 Å². The van der Waals surface area contributed by atoms with Crippen LogP contribution in [-0.2, 0) is 19.1 Å². The van der Waals surface area contributed by atoms with E-state index >= 15 is 0 Å². The number of hydrogen-bond acceptors (Lipinski definition) is 4. The number of ether oxygens (including phenoxy) is 1. The highest BCUT2D eigenvalue weighted by atomic mass is 16.5. The highest BCUT2D eigenvalue weighted by molar-refractivity contribution is 6.00. The number of carbonyl (C=O) groups excluding carboxylic acids is 3. The van der Waals surface area contributed by atoms with Gasteiger partial charge in [-0.1, -0.05) is 37.5 Å². The number of nitrogens with one attached hydrogen (secondary N) is 2. The predicted molar refractivity (Wildman–Crippen MR) is 112 cm³/mol. The molecule has 0 aromatic rings. The number of carbonyl (C=O) groups is 3. The van der Waals surface area contributed by atoms with Gasteiger partial charge in [0.25, 0.3) is 0 Å². The molecule has 7 nitrogen and oxygen atoms in total. The van der Waals surface area contributed by atoms with Crippen molar-refractivity contribution in [2.24, 2.45) is 11.8 Å². The van der Waals surface area contributed by atoms with Gasteiger partial charge in [0.15, 0.2) is 0 Å². The summed E-state index contributed by atoms with van der Waals surface area (Å²) in [5.74, 6) is -1.90. The average Bonchev–Trinajstić information content (AvgIpc) is 3.29. The summed E-state index contributed by atoms with van der Waals surface area (Å²) in [6.07, 6.45) is 10.2. The summed E-state index contributed by atoms with van der Waals surface area (Å²) >= 11 is 0. The van der Waals surface area contributed by atoms with E-state index in [9.17, 15) is 14.4 Å². The van der Waals surface area contributed by atoms with E-state index in [0.29, 0.717) is 0 Å². The van der Waals surface area contributed by atoms with Gasteiger partial charge in [0, 0.05) is 18.1 Å². The van der Waals surface area contributed by atoms with E-state index in [1.165, 1.54) is 11.3 Å². The third kappa shape index (κ3) is 3.37. The van der Waals surface area contributed by atoms with Crippen molar-refractivity contribution in [3.63, 3.8) is 0 Å². The molecule has 30 heavy (non-hydrogen) atoms. The minimum atomic E-state index is -1.10. The first-order chi connectivity index (χ1) is 14.2. The van der Waals surface area contributed by atoms with E-state index in [-0.39, 0.29) is 30.3 Å². The Morgan fingerprint density at radius 1 is 1.27 bits per heavy atom. The number of nitrogens with zero attached hydrogens (tertiary/aromatic N) is 1. The van der Waals surface area contributed by atoms with Crippen LogP contribution in [0.2, 0.25) is 0 Å². The second-order valence-corrected chi connectivity index (χ2v) is 10.1. The number of amides is 3. The fraction of sp³-hybridized carbons (Fsp3) is 0.696. The molecular weight excluding hydrogens is 382 g/mol. The molecule has 3 amide bonds. The summed E-state index contributed by atoms with van der Waals surface area (Å²) in [7, 11) is 0. The highest BCUT2D eigenvalue weighted by Crippen LogP contribution is 2.55. The molecule has 3 fully saturated rings. The lowest BCUT2D eigenvalue weighted by molar-refractivity contribution is -0.141. The average molecular weight is 416 g/mol. The maximum atomic E-state index is 13.5. The second kappa shape index (κ2) is 7.52. The van der Waals surface area contributed by atoms with Crippen LogP contribution in [-0.4, -0.2) is 58.5 Å². The molecule has 1 saturated carbocycles. The lowest BCUT2D eigenvalue weighted by atomic mass is 9.74. The van der Waals surface area contributed by atoms with Crippen molar-refractivity contribution in [3.05, 3.63) is 24.8 Å². The van der Waals surface area contributed by atoms with E-state index < -0.39 is 35.1 Å². The van der Waals surface area contributed by atoms with Gasteiger partial charge in [-0.05, 0) is 33.6 Å². The van der Waals surface area contributed by atoms with Crippen molar-refractivity contribution in [2.75, 3.05) is 6.54 Å². The van der Waals surface area contributed by atoms with Crippen molar-refractivity contribution in [1.29, 1.82) is 0 Å². The number of likely N-dealkylation sites (tertiary alicyclic amines) is 1. The minimum Gasteiger partial charge on any atom is -0.359 e. The number of fused-ring (bicyclic) bond motifs is 1. The van der Waals surface area contributed by atoms with Gasteiger partial charge >= 0.3 is 0 Å². The standard InChI is InChI=1S/C23H33N3O4/c1-5-13-26-18(20(28)25-22(2,3)4)23-12-11-15(30-23)16(17(23)21(26)29)19(27)24-14-9-7-6-8-10-14/h5,11-12,14-18H,1,6-10,13H2,2-4H3,(H,24,27)(H,25,28)/t15-,16+,17+,18-,23+/m0/s1. The monoisotopic (exact) mass is 415 g/mol. The maximum absolute atomic E-state index is 13.5. The lowest BCUT2D eigenvalue weighted by Crippen LogP contribution is -2.58. The molecule has 0 aromatic carbocycles. The third-order valence-electron chi connectivity index (χ3n) is 6.70. The molecule has 3 heterocycles. The molecule has 4 rings (SSSR count). The van der Waals surface area contributed by atoms with Gasteiger partial charge in [-0.2, -0.15) is 0 Å². The van der Waals surface area contributed by atoms with Crippen LogP contribution in [0.4, 0.5) is 0 Å². The normalized spacial score (nSPS) is 35.4. The molecular formula is C23H33N3O4. The van der Waals surface area contributed by atoms with Gasteiger partial charge in [-0.3, -0.25) is 14.4 Å². The zero-order valence-electron chi connectivity index (χ0n) is 18.1. The molecule has 0 unspecified atom stereocenters.